The molecule has 0 bridgehead atoms. The van der Waals surface area contributed by atoms with Gasteiger partial charge in [0, 0.05) is 26.0 Å². The van der Waals surface area contributed by atoms with E-state index in [2.05, 4.69) is 177 Å². The van der Waals surface area contributed by atoms with E-state index in [-0.39, 0.29) is 0 Å². The fourth-order valence-electron chi connectivity index (χ4n) is 7.01. The summed E-state index contributed by atoms with van der Waals surface area (Å²) in [7, 11) is 0. The van der Waals surface area contributed by atoms with Crippen molar-refractivity contribution in [3.05, 3.63) is 170 Å². The molecule has 0 saturated heterocycles. The zero-order chi connectivity index (χ0) is 27.7. The minimum absolute atomic E-state index is 0.427. The molecule has 0 unspecified atom stereocenters. The van der Waals surface area contributed by atoms with Crippen LogP contribution in [-0.2, 0) is 5.41 Å². The molecule has 196 valence electrons. The van der Waals surface area contributed by atoms with Crippen LogP contribution in [0.15, 0.2) is 142 Å². The number of nitrogens with zero attached hydrogens (tertiary/aromatic N) is 1. The van der Waals surface area contributed by atoms with Gasteiger partial charge in [0.05, 0.1) is 5.41 Å². The van der Waals surface area contributed by atoms with Crippen molar-refractivity contribution in [2.45, 2.75) is 12.3 Å². The largest absolute Gasteiger partial charge is 0.310 e. The summed E-state index contributed by atoms with van der Waals surface area (Å²) in [6, 6.07) is 48.9. The average molecular weight is 655 g/mol. The molecule has 0 heterocycles. The predicted octanol–water partition coefficient (Wildman–Crippen LogP) is 11.3. The molecule has 1 spiro atoms. The van der Waals surface area contributed by atoms with E-state index in [0.717, 1.165) is 26.0 Å². The van der Waals surface area contributed by atoms with E-state index >= 15 is 0 Å². The van der Waals surface area contributed by atoms with Crippen LogP contribution in [0.25, 0.3) is 22.3 Å². The van der Waals surface area contributed by atoms with Gasteiger partial charge in [-0.3, -0.25) is 0 Å². The first-order valence-corrected chi connectivity index (χ1v) is 15.4. The average Bonchev–Trinajstić information content (AvgIpc) is 3.43. The summed E-state index contributed by atoms with van der Waals surface area (Å²) < 4.78 is 2.19. The van der Waals surface area contributed by atoms with E-state index in [9.17, 15) is 0 Å². The first-order valence-electron chi connectivity index (χ1n) is 13.8. The van der Waals surface area contributed by atoms with Crippen LogP contribution >= 0.6 is 31.9 Å². The molecule has 2 aliphatic carbocycles. The maximum absolute atomic E-state index is 3.83. The van der Waals surface area contributed by atoms with E-state index in [1.54, 1.807) is 0 Å². The summed E-state index contributed by atoms with van der Waals surface area (Å²) in [4.78, 5) is 2.36. The van der Waals surface area contributed by atoms with E-state index < -0.39 is 5.41 Å². The van der Waals surface area contributed by atoms with Crippen molar-refractivity contribution < 1.29 is 0 Å². The van der Waals surface area contributed by atoms with Crippen molar-refractivity contribution in [3.63, 3.8) is 0 Å². The van der Waals surface area contributed by atoms with Crippen LogP contribution in [0, 0.1) is 6.92 Å². The second-order valence-electron chi connectivity index (χ2n) is 10.9. The van der Waals surface area contributed by atoms with Crippen LogP contribution in [0.1, 0.15) is 27.8 Å². The van der Waals surface area contributed by atoms with Crippen molar-refractivity contribution in [1.29, 1.82) is 0 Å². The summed E-state index contributed by atoms with van der Waals surface area (Å²) in [6.07, 6.45) is 0. The summed E-state index contributed by atoms with van der Waals surface area (Å²) >= 11 is 7.66. The second-order valence-corrected chi connectivity index (χ2v) is 12.7. The highest BCUT2D eigenvalue weighted by Crippen LogP contribution is 2.64. The maximum Gasteiger partial charge on any atom is 0.0727 e. The van der Waals surface area contributed by atoms with Crippen molar-refractivity contribution in [1.82, 2.24) is 0 Å². The number of rotatable bonds is 3. The first-order chi connectivity index (χ1) is 20.1. The lowest BCUT2D eigenvalue weighted by Gasteiger charge is -2.32. The van der Waals surface area contributed by atoms with Gasteiger partial charge in [-0.15, -0.1) is 0 Å². The van der Waals surface area contributed by atoms with Crippen molar-refractivity contribution in [3.8, 4) is 22.3 Å². The van der Waals surface area contributed by atoms with Gasteiger partial charge < -0.3 is 4.90 Å². The summed E-state index contributed by atoms with van der Waals surface area (Å²) in [6.45, 7) is 2.20. The summed E-state index contributed by atoms with van der Waals surface area (Å²) in [5.74, 6) is 0. The minimum atomic E-state index is -0.427. The number of anilines is 3. The Bertz CT molecular complexity index is 1870. The minimum Gasteiger partial charge on any atom is -0.310 e. The Morgan fingerprint density at radius 1 is 0.439 bits per heavy atom. The molecule has 8 rings (SSSR count). The third-order valence-corrected chi connectivity index (χ3v) is 9.61. The molecule has 0 fully saturated rings. The standard InChI is InChI=1S/C38H25Br2N/c1-24-12-16-30-33-19-15-29(41(27-8-4-2-5-9-27)28-10-6-3-7-11-28)23-37(33)38(34(30)20-24)35-21-25(39)13-17-31(35)32-18-14-26(40)22-36(32)38/h2-23H,1H3. The molecule has 0 aliphatic heterocycles. The quantitative estimate of drug-likeness (QED) is 0.183. The third-order valence-electron chi connectivity index (χ3n) is 8.62. The molecule has 2 aliphatic rings. The Labute approximate surface area is 257 Å². The normalized spacial score (nSPS) is 13.4. The molecule has 0 aromatic heterocycles. The zero-order valence-electron chi connectivity index (χ0n) is 22.4. The molecule has 0 N–H and O–H groups in total. The van der Waals surface area contributed by atoms with Crippen LogP contribution in [-0.4, -0.2) is 0 Å². The van der Waals surface area contributed by atoms with E-state index in [1.165, 1.54) is 50.1 Å². The lowest BCUT2D eigenvalue weighted by atomic mass is 9.70. The smallest absolute Gasteiger partial charge is 0.0727 e. The molecule has 41 heavy (non-hydrogen) atoms. The molecule has 0 radical (unpaired) electrons. The summed E-state index contributed by atoms with van der Waals surface area (Å²) in [5.41, 5.74) is 14.8. The Kier molecular flexibility index (Phi) is 5.64. The van der Waals surface area contributed by atoms with Gasteiger partial charge >= 0.3 is 0 Å². The molecule has 3 heteroatoms. The fourth-order valence-corrected chi connectivity index (χ4v) is 7.74. The number of benzene rings is 6. The van der Waals surface area contributed by atoms with Gasteiger partial charge in [-0.25, -0.2) is 0 Å². The molecule has 0 amide bonds. The second kappa shape index (κ2) is 9.30. The molecule has 6 aromatic rings. The third kappa shape index (κ3) is 3.59. The Balaban J connectivity index is 1.48. The van der Waals surface area contributed by atoms with E-state index in [4.69, 9.17) is 0 Å². The molecule has 1 nitrogen and oxygen atoms in total. The van der Waals surface area contributed by atoms with Crippen LogP contribution in [0.2, 0.25) is 0 Å². The number of aryl methyl sites for hydroxylation is 1. The molecule has 0 saturated carbocycles. The zero-order valence-corrected chi connectivity index (χ0v) is 25.6. The van der Waals surface area contributed by atoms with Crippen molar-refractivity contribution >= 4 is 48.9 Å². The number of fused-ring (bicyclic) bond motifs is 10. The van der Waals surface area contributed by atoms with Crippen molar-refractivity contribution in [2.24, 2.45) is 0 Å². The van der Waals surface area contributed by atoms with Crippen molar-refractivity contribution in [2.75, 3.05) is 4.90 Å². The van der Waals surface area contributed by atoms with Gasteiger partial charge in [0.2, 0.25) is 0 Å². The molecule has 0 atom stereocenters. The van der Waals surface area contributed by atoms with Crippen LogP contribution < -0.4 is 4.90 Å². The highest BCUT2D eigenvalue weighted by Gasteiger charge is 2.52. The Morgan fingerprint density at radius 3 is 1.41 bits per heavy atom. The monoisotopic (exact) mass is 653 g/mol. The lowest BCUT2D eigenvalue weighted by Crippen LogP contribution is -2.26. The van der Waals surface area contributed by atoms with E-state index in [1.807, 2.05) is 0 Å². The SMILES string of the molecule is Cc1ccc2c(c1)C1(c3cc(Br)ccc3-c3ccc(Br)cc31)c1cc(N(c3ccccc3)c3ccccc3)ccc1-2. The maximum atomic E-state index is 3.83. The van der Waals surface area contributed by atoms with Gasteiger partial charge in [-0.1, -0.05) is 110 Å². The predicted molar refractivity (Wildman–Crippen MR) is 178 cm³/mol. The van der Waals surface area contributed by atoms with Gasteiger partial charge in [0.15, 0.2) is 0 Å². The number of hydrogen-bond acceptors (Lipinski definition) is 1. The van der Waals surface area contributed by atoms with Crippen LogP contribution in [0.4, 0.5) is 17.1 Å². The molecule has 6 aromatic carbocycles. The highest BCUT2D eigenvalue weighted by molar-refractivity contribution is 9.10. The Morgan fingerprint density at radius 2 is 0.878 bits per heavy atom. The topological polar surface area (TPSA) is 3.24 Å². The number of halogens is 2. The number of hydrogen-bond donors (Lipinski definition) is 0. The highest BCUT2D eigenvalue weighted by atomic mass is 79.9. The van der Waals surface area contributed by atoms with Gasteiger partial charge in [-0.05, 0) is 112 Å². The number of para-hydroxylation sites is 2. The first kappa shape index (κ1) is 24.8. The Hall–Kier alpha value is -3.92. The van der Waals surface area contributed by atoms with Crippen LogP contribution in [0.5, 0.6) is 0 Å². The van der Waals surface area contributed by atoms with E-state index in [0.29, 0.717) is 0 Å². The van der Waals surface area contributed by atoms with Gasteiger partial charge in [-0.2, -0.15) is 0 Å². The molecular weight excluding hydrogens is 630 g/mol. The van der Waals surface area contributed by atoms with Crippen LogP contribution in [0.3, 0.4) is 0 Å². The summed E-state index contributed by atoms with van der Waals surface area (Å²) in [5, 5.41) is 0. The fraction of sp³-hybridized carbons (Fsp3) is 0.0526. The van der Waals surface area contributed by atoms with Gasteiger partial charge in [0.25, 0.3) is 0 Å². The lowest BCUT2D eigenvalue weighted by molar-refractivity contribution is 0.791. The molecular formula is C38H25Br2N. The van der Waals surface area contributed by atoms with Gasteiger partial charge in [0.1, 0.15) is 0 Å².